The van der Waals surface area contributed by atoms with Gasteiger partial charge in [-0.05, 0) is 6.92 Å². The lowest BCUT2D eigenvalue weighted by atomic mass is 9.82. The maximum absolute atomic E-state index is 12.0. The van der Waals surface area contributed by atoms with Crippen molar-refractivity contribution in [2.45, 2.75) is 48.0 Å². The summed E-state index contributed by atoms with van der Waals surface area (Å²) in [6.07, 6.45) is -0.0701. The quantitative estimate of drug-likeness (QED) is 0.541. The van der Waals surface area contributed by atoms with E-state index in [0.717, 1.165) is 0 Å². The van der Waals surface area contributed by atoms with Crippen LogP contribution < -0.4 is 0 Å². The van der Waals surface area contributed by atoms with Gasteiger partial charge in [-0.25, -0.2) is 0 Å². The van der Waals surface area contributed by atoms with Gasteiger partial charge in [0.25, 0.3) is 0 Å². The van der Waals surface area contributed by atoms with Gasteiger partial charge in [0, 0.05) is 17.8 Å². The first kappa shape index (κ1) is 16.8. The lowest BCUT2D eigenvalue weighted by molar-refractivity contribution is -0.154. The van der Waals surface area contributed by atoms with Crippen LogP contribution in [0.3, 0.4) is 0 Å². The molecule has 0 saturated heterocycles. The van der Waals surface area contributed by atoms with Crippen LogP contribution in [0.1, 0.15) is 48.0 Å². The van der Waals surface area contributed by atoms with Crippen LogP contribution in [0, 0.1) is 17.3 Å². The predicted molar refractivity (Wildman–Crippen MR) is 69.0 cm³/mol. The Morgan fingerprint density at radius 2 is 1.61 bits per heavy atom. The van der Waals surface area contributed by atoms with Crippen LogP contribution in [0.15, 0.2) is 0 Å². The van der Waals surface area contributed by atoms with Crippen molar-refractivity contribution in [3.8, 4) is 0 Å². The number of ether oxygens (including phenoxy) is 1. The van der Waals surface area contributed by atoms with E-state index in [1.807, 2.05) is 0 Å². The van der Waals surface area contributed by atoms with Crippen LogP contribution in [0.25, 0.3) is 0 Å². The molecule has 1 unspecified atom stereocenters. The summed E-state index contributed by atoms with van der Waals surface area (Å²) in [5, 5.41) is 0. The molecule has 0 N–H and O–H groups in total. The SMILES string of the molecule is CCOC(=O)C(CC(=O)C(C)(C)C)C(=O)C(C)C. The van der Waals surface area contributed by atoms with Gasteiger partial charge in [0.05, 0.1) is 6.61 Å². The summed E-state index contributed by atoms with van der Waals surface area (Å²) >= 11 is 0. The van der Waals surface area contributed by atoms with Crippen molar-refractivity contribution in [2.24, 2.45) is 17.3 Å². The van der Waals surface area contributed by atoms with Crippen LogP contribution in [-0.4, -0.2) is 24.1 Å². The standard InChI is InChI=1S/C14H24O4/c1-7-18-13(17)10(12(16)9(2)3)8-11(15)14(4,5)6/h9-10H,7-8H2,1-6H3. The molecule has 0 aromatic heterocycles. The molecule has 0 aliphatic carbocycles. The van der Waals surface area contributed by atoms with Gasteiger partial charge >= 0.3 is 5.97 Å². The number of carbonyl (C=O) groups excluding carboxylic acids is 3. The number of carbonyl (C=O) groups is 3. The summed E-state index contributed by atoms with van der Waals surface area (Å²) < 4.78 is 4.88. The monoisotopic (exact) mass is 256 g/mol. The first-order valence-electron chi connectivity index (χ1n) is 6.34. The van der Waals surface area contributed by atoms with Gasteiger partial charge in [0.15, 0.2) is 0 Å². The Balaban J connectivity index is 4.95. The fourth-order valence-electron chi connectivity index (χ4n) is 1.44. The highest BCUT2D eigenvalue weighted by Gasteiger charge is 2.34. The number of Topliss-reactive ketones (excluding diaryl/α,β-unsaturated/α-hetero) is 2. The van der Waals surface area contributed by atoms with Gasteiger partial charge in [-0.2, -0.15) is 0 Å². The molecule has 0 aromatic carbocycles. The third kappa shape index (κ3) is 4.98. The summed E-state index contributed by atoms with van der Waals surface area (Å²) in [7, 11) is 0. The fraction of sp³-hybridized carbons (Fsp3) is 0.786. The highest BCUT2D eigenvalue weighted by molar-refractivity contribution is 6.03. The minimum Gasteiger partial charge on any atom is -0.465 e. The summed E-state index contributed by atoms with van der Waals surface area (Å²) in [6, 6.07) is 0. The molecular weight excluding hydrogens is 232 g/mol. The number of ketones is 2. The van der Waals surface area contributed by atoms with E-state index in [4.69, 9.17) is 4.74 Å². The summed E-state index contributed by atoms with van der Waals surface area (Å²) in [5.74, 6) is -2.17. The number of hydrogen-bond acceptors (Lipinski definition) is 4. The number of hydrogen-bond donors (Lipinski definition) is 0. The molecule has 0 saturated carbocycles. The molecule has 4 heteroatoms. The predicted octanol–water partition coefficient (Wildman–Crippen LogP) is 2.40. The molecule has 0 heterocycles. The molecule has 0 rings (SSSR count). The molecule has 0 aromatic rings. The molecule has 0 spiro atoms. The molecule has 0 amide bonds. The Morgan fingerprint density at radius 1 is 1.11 bits per heavy atom. The lowest BCUT2D eigenvalue weighted by Crippen LogP contribution is -2.34. The van der Waals surface area contributed by atoms with Crippen molar-refractivity contribution in [2.75, 3.05) is 6.61 Å². The normalized spacial score (nSPS) is 13.3. The van der Waals surface area contributed by atoms with E-state index in [9.17, 15) is 14.4 Å². The van der Waals surface area contributed by atoms with E-state index in [1.54, 1.807) is 41.5 Å². The van der Waals surface area contributed by atoms with Crippen molar-refractivity contribution in [3.63, 3.8) is 0 Å². The zero-order valence-corrected chi connectivity index (χ0v) is 12.2. The fourth-order valence-corrected chi connectivity index (χ4v) is 1.44. The zero-order valence-electron chi connectivity index (χ0n) is 12.2. The molecule has 0 aliphatic rings. The molecular formula is C14H24O4. The van der Waals surface area contributed by atoms with E-state index < -0.39 is 17.3 Å². The van der Waals surface area contributed by atoms with Crippen LogP contribution in [0.4, 0.5) is 0 Å². The van der Waals surface area contributed by atoms with Gasteiger partial charge in [-0.3, -0.25) is 14.4 Å². The number of rotatable bonds is 6. The highest BCUT2D eigenvalue weighted by Crippen LogP contribution is 2.22. The lowest BCUT2D eigenvalue weighted by Gasteiger charge is -2.21. The van der Waals surface area contributed by atoms with Crippen molar-refractivity contribution in [1.82, 2.24) is 0 Å². The molecule has 0 aliphatic heterocycles. The smallest absolute Gasteiger partial charge is 0.316 e. The van der Waals surface area contributed by atoms with Gasteiger partial charge < -0.3 is 4.74 Å². The van der Waals surface area contributed by atoms with E-state index in [2.05, 4.69) is 0 Å². The second-order valence-electron chi connectivity index (χ2n) is 5.74. The van der Waals surface area contributed by atoms with Crippen molar-refractivity contribution < 1.29 is 19.1 Å². The molecule has 104 valence electrons. The third-order valence-electron chi connectivity index (χ3n) is 2.71. The molecule has 0 bridgehead atoms. The highest BCUT2D eigenvalue weighted by atomic mass is 16.5. The van der Waals surface area contributed by atoms with Gasteiger partial charge in [0.2, 0.25) is 0 Å². The molecule has 0 radical (unpaired) electrons. The van der Waals surface area contributed by atoms with Crippen LogP contribution in [0.5, 0.6) is 0 Å². The Labute approximate surface area is 109 Å². The van der Waals surface area contributed by atoms with Crippen molar-refractivity contribution in [3.05, 3.63) is 0 Å². The molecule has 0 fully saturated rings. The van der Waals surface area contributed by atoms with Crippen LogP contribution in [0.2, 0.25) is 0 Å². The Bertz CT molecular complexity index is 323. The van der Waals surface area contributed by atoms with Gasteiger partial charge in [0.1, 0.15) is 17.5 Å². The second kappa shape index (κ2) is 6.66. The largest absolute Gasteiger partial charge is 0.465 e. The van der Waals surface area contributed by atoms with E-state index in [1.165, 1.54) is 0 Å². The average molecular weight is 256 g/mol. The minimum atomic E-state index is -0.961. The topological polar surface area (TPSA) is 60.4 Å². The summed E-state index contributed by atoms with van der Waals surface area (Å²) in [4.78, 5) is 35.7. The maximum atomic E-state index is 12.0. The summed E-state index contributed by atoms with van der Waals surface area (Å²) in [5.41, 5.74) is -0.554. The average Bonchev–Trinajstić information content (AvgIpc) is 2.23. The third-order valence-corrected chi connectivity index (χ3v) is 2.71. The van der Waals surface area contributed by atoms with Crippen molar-refractivity contribution >= 4 is 17.5 Å². The van der Waals surface area contributed by atoms with E-state index >= 15 is 0 Å². The van der Waals surface area contributed by atoms with E-state index in [0.29, 0.717) is 0 Å². The molecule has 4 nitrogen and oxygen atoms in total. The Hall–Kier alpha value is -1.19. The maximum Gasteiger partial charge on any atom is 0.316 e. The first-order valence-corrected chi connectivity index (χ1v) is 6.34. The molecule has 1 atom stereocenters. The zero-order chi connectivity index (χ0) is 14.5. The number of esters is 1. The van der Waals surface area contributed by atoms with Crippen molar-refractivity contribution in [1.29, 1.82) is 0 Å². The van der Waals surface area contributed by atoms with Crippen LogP contribution in [-0.2, 0) is 19.1 Å². The Morgan fingerprint density at radius 3 is 1.94 bits per heavy atom. The Kier molecular flexibility index (Phi) is 6.22. The van der Waals surface area contributed by atoms with E-state index in [-0.39, 0.29) is 30.5 Å². The van der Waals surface area contributed by atoms with Crippen LogP contribution >= 0.6 is 0 Å². The first-order chi connectivity index (χ1) is 8.11. The van der Waals surface area contributed by atoms with Gasteiger partial charge in [-0.1, -0.05) is 34.6 Å². The molecule has 18 heavy (non-hydrogen) atoms. The second-order valence-corrected chi connectivity index (χ2v) is 5.74. The summed E-state index contributed by atoms with van der Waals surface area (Å²) in [6.45, 7) is 10.7. The minimum absolute atomic E-state index is 0.0701. The van der Waals surface area contributed by atoms with Gasteiger partial charge in [-0.15, -0.1) is 0 Å².